The average molecular weight is 229 g/mol. The molecule has 1 heterocycles. The van der Waals surface area contributed by atoms with Crippen LogP contribution in [0.4, 0.5) is 0 Å². The van der Waals surface area contributed by atoms with Gasteiger partial charge in [-0.3, -0.25) is 5.10 Å². The molecule has 3 heteroatoms. The van der Waals surface area contributed by atoms with Gasteiger partial charge >= 0.3 is 0 Å². The molecular weight excluding hydrogens is 210 g/mol. The van der Waals surface area contributed by atoms with E-state index in [1.165, 1.54) is 17.5 Å². The van der Waals surface area contributed by atoms with E-state index in [-0.39, 0.29) is 0 Å². The molecular formula is C14H19N3. The lowest BCUT2D eigenvalue weighted by Crippen LogP contribution is -2.04. The van der Waals surface area contributed by atoms with Crippen molar-refractivity contribution in [2.45, 2.75) is 26.3 Å². The van der Waals surface area contributed by atoms with Crippen LogP contribution in [-0.2, 0) is 13.0 Å². The predicted molar refractivity (Wildman–Crippen MR) is 70.8 cm³/mol. The lowest BCUT2D eigenvalue weighted by molar-refractivity contribution is 0.784. The van der Waals surface area contributed by atoms with Crippen molar-refractivity contribution in [3.8, 4) is 11.3 Å². The number of aromatic amines is 1. The van der Waals surface area contributed by atoms with Crippen LogP contribution in [0.3, 0.4) is 0 Å². The highest BCUT2D eigenvalue weighted by molar-refractivity contribution is 5.59. The molecule has 2 rings (SSSR count). The summed E-state index contributed by atoms with van der Waals surface area (Å²) < 4.78 is 0. The van der Waals surface area contributed by atoms with Crippen LogP contribution >= 0.6 is 0 Å². The van der Waals surface area contributed by atoms with Crippen LogP contribution in [-0.4, -0.2) is 17.2 Å². The predicted octanol–water partition coefficient (Wildman–Crippen LogP) is 2.75. The molecule has 0 fully saturated rings. The van der Waals surface area contributed by atoms with E-state index in [1.807, 2.05) is 7.05 Å². The lowest BCUT2D eigenvalue weighted by Gasteiger charge is -2.00. The number of rotatable bonds is 5. The zero-order chi connectivity index (χ0) is 12.1. The minimum Gasteiger partial charge on any atom is -0.314 e. The molecule has 2 aromatic rings. The van der Waals surface area contributed by atoms with E-state index >= 15 is 0 Å². The Morgan fingerprint density at radius 1 is 1.24 bits per heavy atom. The summed E-state index contributed by atoms with van der Waals surface area (Å²) in [7, 11) is 1.93. The largest absolute Gasteiger partial charge is 0.314 e. The SMILES string of the molecule is CCCc1ccc(-c2cc(CNC)[nH]n2)cc1. The van der Waals surface area contributed by atoms with Crippen LogP contribution in [0.15, 0.2) is 30.3 Å². The van der Waals surface area contributed by atoms with E-state index in [4.69, 9.17) is 0 Å². The highest BCUT2D eigenvalue weighted by atomic mass is 15.1. The highest BCUT2D eigenvalue weighted by Crippen LogP contribution is 2.18. The molecule has 0 atom stereocenters. The first kappa shape index (κ1) is 11.9. The molecule has 3 nitrogen and oxygen atoms in total. The number of nitrogens with one attached hydrogen (secondary N) is 2. The van der Waals surface area contributed by atoms with Crippen LogP contribution in [0.25, 0.3) is 11.3 Å². The second kappa shape index (κ2) is 5.64. The number of aromatic nitrogens is 2. The van der Waals surface area contributed by atoms with E-state index < -0.39 is 0 Å². The summed E-state index contributed by atoms with van der Waals surface area (Å²) in [6.45, 7) is 3.02. The molecule has 0 aliphatic rings. The summed E-state index contributed by atoms with van der Waals surface area (Å²) in [6.07, 6.45) is 2.33. The van der Waals surface area contributed by atoms with Gasteiger partial charge in [-0.1, -0.05) is 37.6 Å². The Kier molecular flexibility index (Phi) is 3.94. The fraction of sp³-hybridized carbons (Fsp3) is 0.357. The lowest BCUT2D eigenvalue weighted by atomic mass is 10.1. The maximum absolute atomic E-state index is 4.32. The Morgan fingerprint density at radius 2 is 2.00 bits per heavy atom. The molecule has 0 amide bonds. The normalized spacial score (nSPS) is 10.7. The van der Waals surface area contributed by atoms with Gasteiger partial charge in [-0.15, -0.1) is 0 Å². The molecule has 0 saturated carbocycles. The Hall–Kier alpha value is -1.61. The molecule has 0 radical (unpaired) electrons. The van der Waals surface area contributed by atoms with Gasteiger partial charge in [-0.05, 0) is 25.1 Å². The second-order valence-electron chi connectivity index (χ2n) is 4.26. The zero-order valence-corrected chi connectivity index (χ0v) is 10.5. The molecule has 0 aliphatic carbocycles. The van der Waals surface area contributed by atoms with Gasteiger partial charge in [-0.2, -0.15) is 5.10 Å². The molecule has 90 valence electrons. The van der Waals surface area contributed by atoms with E-state index in [2.05, 4.69) is 52.8 Å². The van der Waals surface area contributed by atoms with Gasteiger partial charge in [0.2, 0.25) is 0 Å². The monoisotopic (exact) mass is 229 g/mol. The number of hydrogen-bond donors (Lipinski definition) is 2. The molecule has 17 heavy (non-hydrogen) atoms. The fourth-order valence-electron chi connectivity index (χ4n) is 1.92. The number of H-pyrrole nitrogens is 1. The first-order valence-corrected chi connectivity index (χ1v) is 6.11. The van der Waals surface area contributed by atoms with Gasteiger partial charge in [0.25, 0.3) is 0 Å². The van der Waals surface area contributed by atoms with Crippen LogP contribution in [0.1, 0.15) is 24.6 Å². The quantitative estimate of drug-likeness (QED) is 0.827. The number of benzene rings is 1. The minimum absolute atomic E-state index is 0.820. The van der Waals surface area contributed by atoms with E-state index in [0.29, 0.717) is 0 Å². The van der Waals surface area contributed by atoms with Gasteiger partial charge < -0.3 is 5.32 Å². The Morgan fingerprint density at radius 3 is 2.65 bits per heavy atom. The van der Waals surface area contributed by atoms with Crippen molar-refractivity contribution in [3.05, 3.63) is 41.6 Å². The van der Waals surface area contributed by atoms with Gasteiger partial charge in [0.15, 0.2) is 0 Å². The summed E-state index contributed by atoms with van der Waals surface area (Å²) in [5.74, 6) is 0. The highest BCUT2D eigenvalue weighted by Gasteiger charge is 2.03. The zero-order valence-electron chi connectivity index (χ0n) is 10.5. The number of aryl methyl sites for hydroxylation is 1. The summed E-state index contributed by atoms with van der Waals surface area (Å²) in [6, 6.07) is 10.7. The molecule has 1 aromatic heterocycles. The third-order valence-electron chi connectivity index (χ3n) is 2.79. The fourth-order valence-corrected chi connectivity index (χ4v) is 1.92. The molecule has 1 aromatic carbocycles. The van der Waals surface area contributed by atoms with Crippen molar-refractivity contribution in [1.29, 1.82) is 0 Å². The summed E-state index contributed by atoms with van der Waals surface area (Å²) in [5, 5.41) is 10.5. The number of hydrogen-bond acceptors (Lipinski definition) is 2. The smallest absolute Gasteiger partial charge is 0.0924 e. The van der Waals surface area contributed by atoms with Crippen molar-refractivity contribution in [1.82, 2.24) is 15.5 Å². The van der Waals surface area contributed by atoms with Crippen LogP contribution < -0.4 is 5.32 Å². The first-order chi connectivity index (χ1) is 8.33. The third kappa shape index (κ3) is 2.94. The minimum atomic E-state index is 0.820. The van der Waals surface area contributed by atoms with Crippen molar-refractivity contribution < 1.29 is 0 Å². The average Bonchev–Trinajstić information content (AvgIpc) is 2.80. The molecule has 2 N–H and O–H groups in total. The van der Waals surface area contributed by atoms with Crippen molar-refractivity contribution in [3.63, 3.8) is 0 Å². The molecule has 0 saturated heterocycles. The van der Waals surface area contributed by atoms with Crippen LogP contribution in [0, 0.1) is 0 Å². The van der Waals surface area contributed by atoms with Crippen molar-refractivity contribution in [2.24, 2.45) is 0 Å². The van der Waals surface area contributed by atoms with Crippen molar-refractivity contribution >= 4 is 0 Å². The molecule has 0 aliphatic heterocycles. The Labute approximate surface area is 102 Å². The molecule has 0 bridgehead atoms. The maximum atomic E-state index is 4.32. The topological polar surface area (TPSA) is 40.7 Å². The Balaban J connectivity index is 2.15. The van der Waals surface area contributed by atoms with E-state index in [9.17, 15) is 0 Å². The van der Waals surface area contributed by atoms with Gasteiger partial charge in [0.1, 0.15) is 0 Å². The van der Waals surface area contributed by atoms with Gasteiger partial charge in [0.05, 0.1) is 5.69 Å². The van der Waals surface area contributed by atoms with Crippen LogP contribution in [0.2, 0.25) is 0 Å². The summed E-state index contributed by atoms with van der Waals surface area (Å²) in [5.41, 5.74) is 4.68. The number of nitrogens with zero attached hydrogens (tertiary/aromatic N) is 1. The third-order valence-corrected chi connectivity index (χ3v) is 2.79. The first-order valence-electron chi connectivity index (χ1n) is 6.11. The van der Waals surface area contributed by atoms with E-state index in [1.54, 1.807) is 0 Å². The second-order valence-corrected chi connectivity index (χ2v) is 4.26. The Bertz CT molecular complexity index is 457. The maximum Gasteiger partial charge on any atom is 0.0924 e. The van der Waals surface area contributed by atoms with Crippen molar-refractivity contribution in [2.75, 3.05) is 7.05 Å². The molecule has 0 unspecified atom stereocenters. The summed E-state index contributed by atoms with van der Waals surface area (Å²) >= 11 is 0. The molecule has 0 spiro atoms. The summed E-state index contributed by atoms with van der Waals surface area (Å²) in [4.78, 5) is 0. The van der Waals surface area contributed by atoms with E-state index in [0.717, 1.165) is 24.4 Å². The van der Waals surface area contributed by atoms with Gasteiger partial charge in [0, 0.05) is 17.8 Å². The van der Waals surface area contributed by atoms with Crippen LogP contribution in [0.5, 0.6) is 0 Å². The standard InChI is InChI=1S/C14H19N3/c1-3-4-11-5-7-12(8-6-11)14-9-13(10-15-2)16-17-14/h5-9,15H,3-4,10H2,1-2H3,(H,16,17). The van der Waals surface area contributed by atoms with Gasteiger partial charge in [-0.25, -0.2) is 0 Å².